The molecule has 4 nitrogen and oxygen atoms in total. The van der Waals surface area contributed by atoms with E-state index in [1.54, 1.807) is 18.2 Å². The SMILES string of the molecule is O=C(O)CNCCCc1cc(Cl)ccc1O. The number of hydrogen-bond donors (Lipinski definition) is 3. The summed E-state index contributed by atoms with van der Waals surface area (Å²) in [7, 11) is 0. The zero-order valence-electron chi connectivity index (χ0n) is 8.74. The van der Waals surface area contributed by atoms with Crippen molar-refractivity contribution >= 4 is 17.6 Å². The minimum atomic E-state index is -0.870. The summed E-state index contributed by atoms with van der Waals surface area (Å²) in [5.41, 5.74) is 0.782. The lowest BCUT2D eigenvalue weighted by Crippen LogP contribution is -2.23. The Morgan fingerprint density at radius 3 is 2.88 bits per heavy atom. The van der Waals surface area contributed by atoms with Crippen LogP contribution < -0.4 is 5.32 Å². The van der Waals surface area contributed by atoms with E-state index < -0.39 is 5.97 Å². The topological polar surface area (TPSA) is 69.6 Å². The van der Waals surface area contributed by atoms with Gasteiger partial charge in [0.2, 0.25) is 0 Å². The van der Waals surface area contributed by atoms with Crippen molar-refractivity contribution in [2.24, 2.45) is 0 Å². The summed E-state index contributed by atoms with van der Waals surface area (Å²) in [4.78, 5) is 10.2. The van der Waals surface area contributed by atoms with E-state index in [1.807, 2.05) is 0 Å². The molecular weight excluding hydrogens is 230 g/mol. The summed E-state index contributed by atoms with van der Waals surface area (Å²) in [6.45, 7) is 0.555. The van der Waals surface area contributed by atoms with E-state index in [1.165, 1.54) is 0 Å². The molecule has 1 aromatic carbocycles. The Bertz CT molecular complexity index is 368. The Hall–Kier alpha value is -1.26. The highest BCUT2D eigenvalue weighted by Crippen LogP contribution is 2.22. The molecule has 0 spiro atoms. The average molecular weight is 244 g/mol. The predicted molar refractivity (Wildman–Crippen MR) is 61.9 cm³/mol. The van der Waals surface area contributed by atoms with Crippen LogP contribution in [0.5, 0.6) is 5.75 Å². The lowest BCUT2D eigenvalue weighted by Gasteiger charge is -2.05. The molecule has 0 heterocycles. The number of phenols is 1. The number of carboxylic acid groups (broad SMARTS) is 1. The normalized spacial score (nSPS) is 10.3. The summed E-state index contributed by atoms with van der Waals surface area (Å²) in [6, 6.07) is 4.90. The highest BCUT2D eigenvalue weighted by molar-refractivity contribution is 6.30. The van der Waals surface area contributed by atoms with E-state index in [4.69, 9.17) is 16.7 Å². The molecule has 0 saturated heterocycles. The molecule has 5 heteroatoms. The van der Waals surface area contributed by atoms with Crippen LogP contribution >= 0.6 is 11.6 Å². The van der Waals surface area contributed by atoms with Crippen LogP contribution in [0.15, 0.2) is 18.2 Å². The predicted octanol–water partition coefficient (Wildman–Crippen LogP) is 1.65. The van der Waals surface area contributed by atoms with Gasteiger partial charge in [-0.2, -0.15) is 0 Å². The van der Waals surface area contributed by atoms with Gasteiger partial charge < -0.3 is 15.5 Å². The standard InChI is InChI=1S/C11H14ClNO3/c12-9-3-4-10(14)8(6-9)2-1-5-13-7-11(15)16/h3-4,6,13-14H,1-2,5,7H2,(H,15,16). The number of aryl methyl sites for hydroxylation is 1. The van der Waals surface area contributed by atoms with Gasteiger partial charge in [-0.3, -0.25) is 4.79 Å². The molecule has 0 aliphatic rings. The Morgan fingerprint density at radius 1 is 1.44 bits per heavy atom. The first-order chi connectivity index (χ1) is 7.59. The van der Waals surface area contributed by atoms with Gasteiger partial charge in [0, 0.05) is 5.02 Å². The van der Waals surface area contributed by atoms with E-state index in [-0.39, 0.29) is 12.3 Å². The quantitative estimate of drug-likeness (QED) is 0.665. The zero-order valence-corrected chi connectivity index (χ0v) is 9.50. The fourth-order valence-electron chi connectivity index (χ4n) is 1.35. The maximum Gasteiger partial charge on any atom is 0.317 e. The molecule has 1 aromatic rings. The molecule has 0 fully saturated rings. The van der Waals surface area contributed by atoms with Gasteiger partial charge in [0.25, 0.3) is 0 Å². The molecule has 0 aromatic heterocycles. The van der Waals surface area contributed by atoms with Gasteiger partial charge in [-0.25, -0.2) is 0 Å². The van der Waals surface area contributed by atoms with Crippen LogP contribution in [0.3, 0.4) is 0 Å². The van der Waals surface area contributed by atoms with Gasteiger partial charge >= 0.3 is 5.97 Å². The van der Waals surface area contributed by atoms with Crippen LogP contribution in [0.25, 0.3) is 0 Å². The van der Waals surface area contributed by atoms with Crippen molar-refractivity contribution in [2.45, 2.75) is 12.8 Å². The van der Waals surface area contributed by atoms with Crippen LogP contribution in [0.1, 0.15) is 12.0 Å². The molecule has 0 radical (unpaired) electrons. The largest absolute Gasteiger partial charge is 0.508 e. The number of phenolic OH excluding ortho intramolecular Hbond substituents is 1. The smallest absolute Gasteiger partial charge is 0.317 e. The second-order valence-electron chi connectivity index (χ2n) is 3.45. The van der Waals surface area contributed by atoms with Gasteiger partial charge in [0.15, 0.2) is 0 Å². The van der Waals surface area contributed by atoms with E-state index in [0.717, 1.165) is 12.0 Å². The fourth-order valence-corrected chi connectivity index (χ4v) is 1.55. The summed E-state index contributed by atoms with van der Waals surface area (Å²) >= 11 is 5.79. The maximum atomic E-state index is 10.2. The monoisotopic (exact) mass is 243 g/mol. The molecule has 0 aliphatic carbocycles. The molecule has 0 unspecified atom stereocenters. The average Bonchev–Trinajstić information content (AvgIpc) is 2.22. The Morgan fingerprint density at radius 2 is 2.19 bits per heavy atom. The van der Waals surface area contributed by atoms with Crippen molar-refractivity contribution < 1.29 is 15.0 Å². The van der Waals surface area contributed by atoms with Gasteiger partial charge in [0.05, 0.1) is 6.54 Å². The van der Waals surface area contributed by atoms with E-state index >= 15 is 0 Å². The first-order valence-corrected chi connectivity index (χ1v) is 5.37. The molecule has 0 bridgehead atoms. The first kappa shape index (κ1) is 12.8. The number of nitrogens with one attached hydrogen (secondary N) is 1. The van der Waals surface area contributed by atoms with Crippen LogP contribution in [0.4, 0.5) is 0 Å². The Kier molecular flexibility index (Phi) is 5.08. The molecule has 3 N–H and O–H groups in total. The van der Waals surface area contributed by atoms with Crippen LogP contribution in [-0.4, -0.2) is 29.3 Å². The third-order valence-electron chi connectivity index (χ3n) is 2.12. The summed E-state index contributed by atoms with van der Waals surface area (Å²) in [5, 5.41) is 21.3. The molecule has 1 rings (SSSR count). The maximum absolute atomic E-state index is 10.2. The molecule has 0 atom stereocenters. The number of aliphatic carboxylic acids is 1. The van der Waals surface area contributed by atoms with Crippen molar-refractivity contribution in [1.29, 1.82) is 0 Å². The lowest BCUT2D eigenvalue weighted by molar-refractivity contribution is -0.135. The molecular formula is C11H14ClNO3. The fraction of sp³-hybridized carbons (Fsp3) is 0.364. The molecule has 16 heavy (non-hydrogen) atoms. The Labute approximate surface area is 98.9 Å². The summed E-state index contributed by atoms with van der Waals surface area (Å²) < 4.78 is 0. The number of aromatic hydroxyl groups is 1. The van der Waals surface area contributed by atoms with Gasteiger partial charge in [-0.05, 0) is 43.1 Å². The van der Waals surface area contributed by atoms with E-state index in [2.05, 4.69) is 5.32 Å². The highest BCUT2D eigenvalue weighted by atomic mass is 35.5. The highest BCUT2D eigenvalue weighted by Gasteiger charge is 2.02. The molecule has 0 saturated carbocycles. The third-order valence-corrected chi connectivity index (χ3v) is 2.35. The molecule has 0 aliphatic heterocycles. The Balaban J connectivity index is 2.31. The molecule has 88 valence electrons. The van der Waals surface area contributed by atoms with E-state index in [0.29, 0.717) is 18.0 Å². The second kappa shape index (κ2) is 6.35. The van der Waals surface area contributed by atoms with Gasteiger partial charge in [-0.1, -0.05) is 11.6 Å². The molecule has 0 amide bonds. The number of halogens is 1. The summed E-state index contributed by atoms with van der Waals surface area (Å²) in [6.07, 6.45) is 1.42. The number of hydrogen-bond acceptors (Lipinski definition) is 3. The number of carbonyl (C=O) groups is 1. The van der Waals surface area contributed by atoms with Crippen LogP contribution in [-0.2, 0) is 11.2 Å². The van der Waals surface area contributed by atoms with Crippen molar-refractivity contribution in [3.63, 3.8) is 0 Å². The van der Waals surface area contributed by atoms with Crippen molar-refractivity contribution in [3.05, 3.63) is 28.8 Å². The first-order valence-electron chi connectivity index (χ1n) is 4.99. The number of carboxylic acids is 1. The zero-order chi connectivity index (χ0) is 12.0. The van der Waals surface area contributed by atoms with Gasteiger partial charge in [-0.15, -0.1) is 0 Å². The van der Waals surface area contributed by atoms with Crippen molar-refractivity contribution in [3.8, 4) is 5.75 Å². The minimum absolute atomic E-state index is 0.0402. The minimum Gasteiger partial charge on any atom is -0.508 e. The second-order valence-corrected chi connectivity index (χ2v) is 3.88. The number of benzene rings is 1. The van der Waals surface area contributed by atoms with Crippen molar-refractivity contribution in [2.75, 3.05) is 13.1 Å². The van der Waals surface area contributed by atoms with Crippen LogP contribution in [0, 0.1) is 0 Å². The third kappa shape index (κ3) is 4.51. The lowest BCUT2D eigenvalue weighted by atomic mass is 10.1. The number of rotatable bonds is 6. The van der Waals surface area contributed by atoms with Crippen molar-refractivity contribution in [1.82, 2.24) is 5.32 Å². The van der Waals surface area contributed by atoms with Crippen LogP contribution in [0.2, 0.25) is 5.02 Å². The van der Waals surface area contributed by atoms with E-state index in [9.17, 15) is 9.90 Å². The van der Waals surface area contributed by atoms with Gasteiger partial charge in [0.1, 0.15) is 5.75 Å². The summed E-state index contributed by atoms with van der Waals surface area (Å²) in [5.74, 6) is -0.645.